The van der Waals surface area contributed by atoms with E-state index in [1.54, 1.807) is 0 Å². The fraction of sp³-hybridized carbons (Fsp3) is 0.333. The highest BCUT2D eigenvalue weighted by Gasteiger charge is 2.08. The molecule has 0 aromatic heterocycles. The molecule has 0 radical (unpaired) electrons. The van der Waals surface area contributed by atoms with Crippen molar-refractivity contribution in [2.24, 2.45) is 0 Å². The standard InChI is InChI=1S/C9H11ClFNO2/c1-13-9-4-8(11)7(10)3-6(9)5-12-14-2/h3-4,12H,5H2,1-2H3. The number of ether oxygens (including phenoxy) is 1. The first-order chi connectivity index (χ1) is 6.69. The number of benzene rings is 1. The summed E-state index contributed by atoms with van der Waals surface area (Å²) >= 11 is 5.62. The molecule has 5 heteroatoms. The summed E-state index contributed by atoms with van der Waals surface area (Å²) in [5.41, 5.74) is 3.36. The normalized spacial score (nSPS) is 10.3. The number of halogens is 2. The van der Waals surface area contributed by atoms with Gasteiger partial charge in [0.25, 0.3) is 0 Å². The van der Waals surface area contributed by atoms with Crippen LogP contribution in [0.15, 0.2) is 12.1 Å². The van der Waals surface area contributed by atoms with E-state index in [-0.39, 0.29) is 5.02 Å². The van der Waals surface area contributed by atoms with Crippen LogP contribution in [-0.2, 0) is 11.4 Å². The number of hydrogen-bond acceptors (Lipinski definition) is 3. The van der Waals surface area contributed by atoms with E-state index in [9.17, 15) is 4.39 Å². The lowest BCUT2D eigenvalue weighted by Gasteiger charge is -2.09. The Morgan fingerprint density at radius 3 is 2.71 bits per heavy atom. The summed E-state index contributed by atoms with van der Waals surface area (Å²) in [6.07, 6.45) is 0. The largest absolute Gasteiger partial charge is 0.496 e. The summed E-state index contributed by atoms with van der Waals surface area (Å²) in [6, 6.07) is 2.75. The van der Waals surface area contributed by atoms with Crippen LogP contribution in [0.1, 0.15) is 5.56 Å². The molecule has 0 aliphatic carbocycles. The minimum Gasteiger partial charge on any atom is -0.496 e. The van der Waals surface area contributed by atoms with Gasteiger partial charge in [-0.3, -0.25) is 0 Å². The second-order valence-corrected chi connectivity index (χ2v) is 3.01. The Balaban J connectivity index is 2.95. The van der Waals surface area contributed by atoms with Gasteiger partial charge in [0, 0.05) is 18.2 Å². The summed E-state index contributed by atoms with van der Waals surface area (Å²) in [5, 5.41) is 0.0682. The molecule has 78 valence electrons. The molecule has 0 bridgehead atoms. The minimum atomic E-state index is -0.496. The Hall–Kier alpha value is -0.840. The summed E-state index contributed by atoms with van der Waals surface area (Å²) in [4.78, 5) is 4.67. The fourth-order valence-corrected chi connectivity index (χ4v) is 1.23. The molecule has 0 aliphatic rings. The molecule has 0 unspecified atom stereocenters. The molecule has 1 rings (SSSR count). The van der Waals surface area contributed by atoms with Crippen molar-refractivity contribution >= 4 is 11.6 Å². The molecule has 1 aromatic carbocycles. The minimum absolute atomic E-state index is 0.0682. The Labute approximate surface area is 86.7 Å². The van der Waals surface area contributed by atoms with Gasteiger partial charge in [-0.1, -0.05) is 11.6 Å². The molecule has 0 saturated carbocycles. The first-order valence-corrected chi connectivity index (χ1v) is 4.34. The smallest absolute Gasteiger partial charge is 0.145 e. The van der Waals surface area contributed by atoms with Crippen LogP contribution in [0.5, 0.6) is 5.75 Å². The second-order valence-electron chi connectivity index (χ2n) is 2.60. The molecule has 0 amide bonds. The lowest BCUT2D eigenvalue weighted by molar-refractivity contribution is 0.0861. The molecule has 14 heavy (non-hydrogen) atoms. The topological polar surface area (TPSA) is 30.5 Å². The second kappa shape index (κ2) is 5.14. The van der Waals surface area contributed by atoms with E-state index in [1.165, 1.54) is 26.4 Å². The van der Waals surface area contributed by atoms with Gasteiger partial charge in [0.2, 0.25) is 0 Å². The van der Waals surface area contributed by atoms with Gasteiger partial charge < -0.3 is 9.57 Å². The molecule has 1 aromatic rings. The maximum atomic E-state index is 13.0. The predicted molar refractivity (Wildman–Crippen MR) is 51.8 cm³/mol. The zero-order chi connectivity index (χ0) is 10.6. The Kier molecular flexibility index (Phi) is 4.13. The first kappa shape index (κ1) is 11.2. The van der Waals surface area contributed by atoms with Crippen molar-refractivity contribution in [1.82, 2.24) is 5.48 Å². The molecule has 0 aliphatic heterocycles. The van der Waals surface area contributed by atoms with Gasteiger partial charge in [-0.05, 0) is 6.07 Å². The van der Waals surface area contributed by atoms with Crippen molar-refractivity contribution in [3.05, 3.63) is 28.5 Å². The van der Waals surface area contributed by atoms with Crippen LogP contribution in [0.25, 0.3) is 0 Å². The first-order valence-electron chi connectivity index (χ1n) is 3.96. The third-order valence-corrected chi connectivity index (χ3v) is 2.02. The van der Waals surface area contributed by atoms with Gasteiger partial charge in [0.15, 0.2) is 0 Å². The van der Waals surface area contributed by atoms with Crippen LogP contribution in [0.4, 0.5) is 4.39 Å². The summed E-state index contributed by atoms with van der Waals surface area (Å²) in [7, 11) is 2.97. The van der Waals surface area contributed by atoms with Crippen molar-refractivity contribution in [3.63, 3.8) is 0 Å². The third-order valence-electron chi connectivity index (χ3n) is 1.73. The Bertz CT molecular complexity index is 320. The van der Waals surface area contributed by atoms with E-state index in [1.807, 2.05) is 0 Å². The molecule has 0 spiro atoms. The lowest BCUT2D eigenvalue weighted by atomic mass is 10.2. The molecular weight excluding hydrogens is 209 g/mol. The molecule has 0 atom stereocenters. The number of nitrogens with one attached hydrogen (secondary N) is 1. The molecule has 0 saturated heterocycles. The van der Waals surface area contributed by atoms with Gasteiger partial charge in [0.1, 0.15) is 11.6 Å². The van der Waals surface area contributed by atoms with E-state index in [0.717, 1.165) is 5.56 Å². The molecule has 3 nitrogen and oxygen atoms in total. The van der Waals surface area contributed by atoms with Crippen molar-refractivity contribution in [3.8, 4) is 5.75 Å². The fourth-order valence-electron chi connectivity index (χ4n) is 1.05. The molecule has 1 N–H and O–H groups in total. The van der Waals surface area contributed by atoms with Crippen LogP contribution in [0, 0.1) is 5.82 Å². The summed E-state index contributed by atoms with van der Waals surface area (Å²) in [6.45, 7) is 0.402. The Morgan fingerprint density at radius 1 is 1.43 bits per heavy atom. The van der Waals surface area contributed by atoms with Crippen LogP contribution < -0.4 is 10.2 Å². The molecule has 0 fully saturated rings. The number of methoxy groups -OCH3 is 1. The highest BCUT2D eigenvalue weighted by atomic mass is 35.5. The molecular formula is C9H11ClFNO2. The van der Waals surface area contributed by atoms with E-state index in [0.29, 0.717) is 12.3 Å². The zero-order valence-electron chi connectivity index (χ0n) is 7.93. The summed E-state index contributed by atoms with van der Waals surface area (Å²) < 4.78 is 18.0. The predicted octanol–water partition coefficient (Wildman–Crippen LogP) is 2.14. The molecule has 0 heterocycles. The van der Waals surface area contributed by atoms with Gasteiger partial charge >= 0.3 is 0 Å². The van der Waals surface area contributed by atoms with Crippen LogP contribution >= 0.6 is 11.6 Å². The van der Waals surface area contributed by atoms with Gasteiger partial charge in [0.05, 0.1) is 19.2 Å². The van der Waals surface area contributed by atoms with Gasteiger partial charge in [-0.25, -0.2) is 4.39 Å². The van der Waals surface area contributed by atoms with Crippen LogP contribution in [-0.4, -0.2) is 14.2 Å². The number of hydroxylamine groups is 1. The highest BCUT2D eigenvalue weighted by Crippen LogP contribution is 2.25. The Morgan fingerprint density at radius 2 is 2.14 bits per heavy atom. The van der Waals surface area contributed by atoms with Crippen molar-refractivity contribution in [2.45, 2.75) is 6.54 Å². The van der Waals surface area contributed by atoms with Crippen molar-refractivity contribution in [1.29, 1.82) is 0 Å². The highest BCUT2D eigenvalue weighted by molar-refractivity contribution is 6.30. The summed E-state index contributed by atoms with van der Waals surface area (Å²) in [5.74, 6) is -0.0545. The van der Waals surface area contributed by atoms with Crippen LogP contribution in [0.2, 0.25) is 5.02 Å². The van der Waals surface area contributed by atoms with Gasteiger partial charge in [-0.15, -0.1) is 0 Å². The zero-order valence-corrected chi connectivity index (χ0v) is 8.69. The van der Waals surface area contributed by atoms with E-state index >= 15 is 0 Å². The lowest BCUT2D eigenvalue weighted by Crippen LogP contribution is -2.11. The number of rotatable bonds is 4. The van der Waals surface area contributed by atoms with E-state index in [2.05, 4.69) is 10.3 Å². The van der Waals surface area contributed by atoms with E-state index < -0.39 is 5.82 Å². The van der Waals surface area contributed by atoms with Crippen molar-refractivity contribution < 1.29 is 14.0 Å². The average molecular weight is 220 g/mol. The maximum Gasteiger partial charge on any atom is 0.145 e. The number of hydrogen-bond donors (Lipinski definition) is 1. The average Bonchev–Trinajstić information content (AvgIpc) is 2.19. The van der Waals surface area contributed by atoms with Crippen LogP contribution in [0.3, 0.4) is 0 Å². The monoisotopic (exact) mass is 219 g/mol. The quantitative estimate of drug-likeness (QED) is 0.787. The maximum absolute atomic E-state index is 13.0. The van der Waals surface area contributed by atoms with Gasteiger partial charge in [-0.2, -0.15) is 5.48 Å². The SMILES string of the molecule is CONCc1cc(Cl)c(F)cc1OC. The third kappa shape index (κ3) is 2.57. The van der Waals surface area contributed by atoms with Crippen molar-refractivity contribution in [2.75, 3.05) is 14.2 Å². The van der Waals surface area contributed by atoms with E-state index in [4.69, 9.17) is 16.3 Å².